The maximum absolute atomic E-state index is 12.9. The third-order valence-electron chi connectivity index (χ3n) is 3.50. The Bertz CT molecular complexity index is 907. The molecule has 0 atom stereocenters. The fourth-order valence-corrected chi connectivity index (χ4v) is 2.79. The zero-order valence-electron chi connectivity index (χ0n) is 13.2. The molecule has 6 nitrogen and oxygen atoms in total. The van der Waals surface area contributed by atoms with E-state index < -0.39 is 0 Å². The molecular formula is C17H15FN4O2S. The maximum Gasteiger partial charge on any atom is 0.253 e. The average molecular weight is 358 g/mol. The molecule has 0 radical (unpaired) electrons. The van der Waals surface area contributed by atoms with Crippen molar-refractivity contribution < 1.29 is 9.18 Å². The molecule has 0 bridgehead atoms. The van der Waals surface area contributed by atoms with Crippen molar-refractivity contribution in [1.29, 1.82) is 0 Å². The lowest BCUT2D eigenvalue weighted by Crippen LogP contribution is -2.21. The number of anilines is 1. The third-order valence-corrected chi connectivity index (χ3v) is 4.19. The minimum atomic E-state index is -0.340. The average Bonchev–Trinajstić information content (AvgIpc) is 3.10. The highest BCUT2D eigenvalue weighted by molar-refractivity contribution is 7.13. The van der Waals surface area contributed by atoms with Gasteiger partial charge in [-0.15, -0.1) is 11.3 Å². The number of thiazole rings is 1. The number of carbonyl (C=O) groups excluding carboxylic acids is 1. The van der Waals surface area contributed by atoms with E-state index in [-0.39, 0.29) is 23.7 Å². The summed E-state index contributed by atoms with van der Waals surface area (Å²) in [5, 5.41) is 5.04. The fraction of sp³-hybridized carbons (Fsp3) is 0.176. The van der Waals surface area contributed by atoms with Gasteiger partial charge in [0.2, 0.25) is 5.91 Å². The highest BCUT2D eigenvalue weighted by Crippen LogP contribution is 2.15. The molecule has 0 saturated carbocycles. The summed E-state index contributed by atoms with van der Waals surface area (Å²) >= 11 is 1.35. The van der Waals surface area contributed by atoms with Gasteiger partial charge in [0.1, 0.15) is 5.82 Å². The number of aromatic nitrogens is 3. The molecule has 0 aliphatic carbocycles. The van der Waals surface area contributed by atoms with Gasteiger partial charge < -0.3 is 5.32 Å². The summed E-state index contributed by atoms with van der Waals surface area (Å²) in [4.78, 5) is 32.1. The van der Waals surface area contributed by atoms with E-state index in [0.717, 1.165) is 0 Å². The first-order chi connectivity index (χ1) is 12.1. The van der Waals surface area contributed by atoms with Crippen molar-refractivity contribution in [2.45, 2.75) is 19.4 Å². The SMILES string of the molecule is O=C(CCCn1cnc(-c2ccc(F)cc2)cc1=O)Nc1nccs1. The predicted molar refractivity (Wildman–Crippen MR) is 93.9 cm³/mol. The number of benzene rings is 1. The van der Waals surface area contributed by atoms with Crippen molar-refractivity contribution in [3.05, 3.63) is 64.4 Å². The quantitative estimate of drug-likeness (QED) is 0.735. The highest BCUT2D eigenvalue weighted by atomic mass is 32.1. The van der Waals surface area contributed by atoms with E-state index in [0.29, 0.717) is 29.4 Å². The van der Waals surface area contributed by atoms with Crippen molar-refractivity contribution in [2.24, 2.45) is 0 Å². The van der Waals surface area contributed by atoms with E-state index in [1.165, 1.54) is 40.4 Å². The number of hydrogen-bond acceptors (Lipinski definition) is 5. The Kier molecular flexibility index (Phi) is 5.30. The van der Waals surface area contributed by atoms with Crippen molar-refractivity contribution >= 4 is 22.4 Å². The molecule has 2 heterocycles. The first-order valence-electron chi connectivity index (χ1n) is 7.63. The Hall–Kier alpha value is -2.87. The Balaban J connectivity index is 1.57. The van der Waals surface area contributed by atoms with Crippen LogP contribution >= 0.6 is 11.3 Å². The fourth-order valence-electron chi connectivity index (χ4n) is 2.25. The first kappa shape index (κ1) is 17.0. The predicted octanol–water partition coefficient (Wildman–Crippen LogP) is 2.92. The number of rotatable bonds is 6. The van der Waals surface area contributed by atoms with Crippen LogP contribution in [0.2, 0.25) is 0 Å². The highest BCUT2D eigenvalue weighted by Gasteiger charge is 2.06. The van der Waals surface area contributed by atoms with Gasteiger partial charge in [0.25, 0.3) is 5.56 Å². The van der Waals surface area contributed by atoms with Gasteiger partial charge >= 0.3 is 0 Å². The zero-order valence-corrected chi connectivity index (χ0v) is 14.0. The number of nitrogens with one attached hydrogen (secondary N) is 1. The number of hydrogen-bond donors (Lipinski definition) is 1. The normalized spacial score (nSPS) is 10.6. The number of nitrogens with zero attached hydrogens (tertiary/aromatic N) is 3. The number of halogens is 1. The topological polar surface area (TPSA) is 76.9 Å². The van der Waals surface area contributed by atoms with Crippen molar-refractivity contribution in [1.82, 2.24) is 14.5 Å². The van der Waals surface area contributed by atoms with Crippen LogP contribution in [0, 0.1) is 5.82 Å². The standard InChI is InChI=1S/C17H15FN4O2S/c18-13-5-3-12(4-6-13)14-10-16(24)22(11-20-14)8-1-2-15(23)21-17-19-7-9-25-17/h3-7,9-11H,1-2,8H2,(H,19,21,23). The molecular weight excluding hydrogens is 343 g/mol. The molecule has 3 aromatic rings. The lowest BCUT2D eigenvalue weighted by Gasteiger charge is -2.07. The lowest BCUT2D eigenvalue weighted by molar-refractivity contribution is -0.116. The van der Waals surface area contributed by atoms with Crippen LogP contribution in [-0.2, 0) is 11.3 Å². The Morgan fingerprint density at radius 1 is 1.24 bits per heavy atom. The molecule has 8 heteroatoms. The second-order valence-electron chi connectivity index (χ2n) is 5.30. The van der Waals surface area contributed by atoms with Crippen LogP contribution in [-0.4, -0.2) is 20.4 Å². The minimum Gasteiger partial charge on any atom is -0.302 e. The molecule has 25 heavy (non-hydrogen) atoms. The second-order valence-corrected chi connectivity index (χ2v) is 6.20. The van der Waals surface area contributed by atoms with Crippen LogP contribution in [0.5, 0.6) is 0 Å². The van der Waals surface area contributed by atoms with Crippen LogP contribution in [0.15, 0.2) is 53.0 Å². The van der Waals surface area contributed by atoms with E-state index in [2.05, 4.69) is 15.3 Å². The van der Waals surface area contributed by atoms with Gasteiger partial charge in [-0.1, -0.05) is 0 Å². The van der Waals surface area contributed by atoms with Gasteiger partial charge in [-0.25, -0.2) is 14.4 Å². The smallest absolute Gasteiger partial charge is 0.253 e. The summed E-state index contributed by atoms with van der Waals surface area (Å²) in [6, 6.07) is 7.20. The van der Waals surface area contributed by atoms with Gasteiger partial charge in [0.05, 0.1) is 12.0 Å². The van der Waals surface area contributed by atoms with Crippen molar-refractivity contribution in [2.75, 3.05) is 5.32 Å². The molecule has 1 amide bonds. The molecule has 0 spiro atoms. The molecule has 0 aliphatic rings. The largest absolute Gasteiger partial charge is 0.302 e. The maximum atomic E-state index is 12.9. The minimum absolute atomic E-state index is 0.140. The lowest BCUT2D eigenvalue weighted by atomic mass is 10.1. The molecule has 2 aromatic heterocycles. The molecule has 128 valence electrons. The Morgan fingerprint density at radius 2 is 2.04 bits per heavy atom. The van der Waals surface area contributed by atoms with Crippen LogP contribution in [0.3, 0.4) is 0 Å². The molecule has 0 unspecified atom stereocenters. The summed E-state index contributed by atoms with van der Waals surface area (Å²) in [6.45, 7) is 0.390. The van der Waals surface area contributed by atoms with E-state index >= 15 is 0 Å². The van der Waals surface area contributed by atoms with Crippen LogP contribution in [0.25, 0.3) is 11.3 Å². The molecule has 0 aliphatic heterocycles. The molecule has 0 fully saturated rings. The van der Waals surface area contributed by atoms with Crippen LogP contribution in [0.4, 0.5) is 9.52 Å². The van der Waals surface area contributed by atoms with E-state index in [1.807, 2.05) is 0 Å². The van der Waals surface area contributed by atoms with E-state index in [1.54, 1.807) is 23.7 Å². The second kappa shape index (κ2) is 7.80. The monoisotopic (exact) mass is 358 g/mol. The summed E-state index contributed by atoms with van der Waals surface area (Å²) in [6.07, 6.45) is 3.86. The summed E-state index contributed by atoms with van der Waals surface area (Å²) < 4.78 is 14.4. The van der Waals surface area contributed by atoms with E-state index in [9.17, 15) is 14.0 Å². The molecule has 1 aromatic carbocycles. The van der Waals surface area contributed by atoms with E-state index in [4.69, 9.17) is 0 Å². The van der Waals surface area contributed by atoms with Crippen molar-refractivity contribution in [3.63, 3.8) is 0 Å². The number of amides is 1. The summed E-state index contributed by atoms with van der Waals surface area (Å²) in [7, 11) is 0. The van der Waals surface area contributed by atoms with Crippen molar-refractivity contribution in [3.8, 4) is 11.3 Å². The number of aryl methyl sites for hydroxylation is 1. The number of carbonyl (C=O) groups is 1. The van der Waals surface area contributed by atoms with Gasteiger partial charge in [-0.3, -0.25) is 14.2 Å². The van der Waals surface area contributed by atoms with Crippen LogP contribution < -0.4 is 10.9 Å². The summed E-state index contributed by atoms with van der Waals surface area (Å²) in [5.41, 5.74) is 0.950. The van der Waals surface area contributed by atoms with Gasteiger partial charge in [0, 0.05) is 36.2 Å². The molecule has 0 saturated heterocycles. The van der Waals surface area contributed by atoms with Crippen LogP contribution in [0.1, 0.15) is 12.8 Å². The Morgan fingerprint density at radius 3 is 2.72 bits per heavy atom. The van der Waals surface area contributed by atoms with Gasteiger partial charge in [0.15, 0.2) is 5.13 Å². The molecule has 3 rings (SSSR count). The zero-order chi connectivity index (χ0) is 17.6. The van der Waals surface area contributed by atoms with Gasteiger partial charge in [-0.2, -0.15) is 0 Å². The summed E-state index contributed by atoms with van der Waals surface area (Å²) in [5.74, 6) is -0.480. The molecule has 1 N–H and O–H groups in total. The first-order valence-corrected chi connectivity index (χ1v) is 8.51. The third kappa shape index (κ3) is 4.57. The Labute approximate surface area is 147 Å². The van der Waals surface area contributed by atoms with Gasteiger partial charge in [-0.05, 0) is 30.7 Å².